The molecule has 138 valence electrons. The zero-order chi connectivity index (χ0) is 17.5. The van der Waals surface area contributed by atoms with E-state index >= 15 is 0 Å². The Morgan fingerprint density at radius 3 is 2.60 bits per heavy atom. The molecule has 1 saturated carbocycles. The van der Waals surface area contributed by atoms with E-state index in [-0.39, 0.29) is 5.48 Å². The summed E-state index contributed by atoms with van der Waals surface area (Å²) in [7, 11) is 1.50. The SMILES string of the molecule is C=CC(C)C1CCCC([C@@H](O)c2ccnc3ccccc23)C1.CN.O. The van der Waals surface area contributed by atoms with Gasteiger partial charge in [0, 0.05) is 11.6 Å². The zero-order valence-electron chi connectivity index (χ0n) is 15.4. The number of aliphatic hydroxyl groups excluding tert-OH is 1. The summed E-state index contributed by atoms with van der Waals surface area (Å²) in [6, 6.07) is 10.1. The number of nitrogens with zero attached hydrogens (tertiary/aromatic N) is 1. The molecule has 4 nitrogen and oxygen atoms in total. The number of hydrogen-bond acceptors (Lipinski definition) is 3. The van der Waals surface area contributed by atoms with Gasteiger partial charge in [-0.05, 0) is 61.8 Å². The summed E-state index contributed by atoms with van der Waals surface area (Å²) in [5.74, 6) is 1.52. The average molecular weight is 344 g/mol. The van der Waals surface area contributed by atoms with Crippen molar-refractivity contribution in [2.75, 3.05) is 7.05 Å². The Kier molecular flexibility index (Phi) is 8.76. The number of hydrogen-bond donors (Lipinski definition) is 2. The monoisotopic (exact) mass is 344 g/mol. The fraction of sp³-hybridized carbons (Fsp3) is 0.476. The highest BCUT2D eigenvalue weighted by Gasteiger charge is 2.30. The van der Waals surface area contributed by atoms with E-state index in [1.165, 1.54) is 19.9 Å². The Morgan fingerprint density at radius 1 is 1.20 bits per heavy atom. The van der Waals surface area contributed by atoms with Crippen molar-refractivity contribution in [1.29, 1.82) is 0 Å². The second-order valence-corrected chi connectivity index (χ2v) is 6.64. The minimum atomic E-state index is -0.396. The van der Waals surface area contributed by atoms with Crippen molar-refractivity contribution < 1.29 is 10.6 Å². The predicted octanol–water partition coefficient (Wildman–Crippen LogP) is 3.65. The minimum absolute atomic E-state index is 0. The standard InChI is InChI=1S/C20H25NO.CH5N.H2O/c1-3-14(2)15-7-6-8-16(13-15)20(22)18-11-12-21-19-10-5-4-9-17(18)19;1-2;/h3-5,9-12,14-16,20,22H,1,6-8,13H2,2H3;2H2,1H3;1H2/t14?,15?,16?,20-;;/m1../s1. The molecule has 25 heavy (non-hydrogen) atoms. The number of allylic oxidation sites excluding steroid dienone is 1. The van der Waals surface area contributed by atoms with Gasteiger partial charge in [-0.25, -0.2) is 0 Å². The van der Waals surface area contributed by atoms with Crippen molar-refractivity contribution in [3.8, 4) is 0 Å². The predicted molar refractivity (Wildman–Crippen MR) is 105 cm³/mol. The lowest BCUT2D eigenvalue weighted by Gasteiger charge is -2.34. The van der Waals surface area contributed by atoms with Gasteiger partial charge in [-0.15, -0.1) is 6.58 Å². The van der Waals surface area contributed by atoms with Crippen LogP contribution in [-0.4, -0.2) is 22.6 Å². The van der Waals surface area contributed by atoms with Crippen LogP contribution < -0.4 is 5.73 Å². The van der Waals surface area contributed by atoms with Crippen molar-refractivity contribution in [3.05, 3.63) is 54.7 Å². The molecule has 4 heteroatoms. The highest BCUT2D eigenvalue weighted by molar-refractivity contribution is 5.82. The van der Waals surface area contributed by atoms with E-state index in [1.807, 2.05) is 30.5 Å². The Bertz CT molecular complexity index is 654. The topological polar surface area (TPSA) is 90.6 Å². The van der Waals surface area contributed by atoms with E-state index in [9.17, 15) is 5.11 Å². The summed E-state index contributed by atoms with van der Waals surface area (Å²) < 4.78 is 0. The number of benzene rings is 1. The summed E-state index contributed by atoms with van der Waals surface area (Å²) in [6.07, 6.45) is 8.13. The van der Waals surface area contributed by atoms with Gasteiger partial charge in [0.25, 0.3) is 0 Å². The van der Waals surface area contributed by atoms with Crippen LogP contribution in [-0.2, 0) is 0 Å². The van der Waals surface area contributed by atoms with Crippen molar-refractivity contribution in [3.63, 3.8) is 0 Å². The smallest absolute Gasteiger partial charge is 0.0825 e. The zero-order valence-corrected chi connectivity index (χ0v) is 15.4. The van der Waals surface area contributed by atoms with Gasteiger partial charge < -0.3 is 16.3 Å². The first-order chi connectivity index (χ1) is 11.7. The molecule has 0 bridgehead atoms. The number of pyridine rings is 1. The summed E-state index contributed by atoms with van der Waals surface area (Å²) in [5.41, 5.74) is 6.49. The molecule has 1 heterocycles. The third-order valence-corrected chi connectivity index (χ3v) is 5.32. The Balaban J connectivity index is 0.00000101. The van der Waals surface area contributed by atoms with E-state index < -0.39 is 6.10 Å². The third-order valence-electron chi connectivity index (χ3n) is 5.32. The van der Waals surface area contributed by atoms with Gasteiger partial charge in [0.2, 0.25) is 0 Å². The average Bonchev–Trinajstić information content (AvgIpc) is 2.68. The van der Waals surface area contributed by atoms with Crippen LogP contribution in [0.4, 0.5) is 0 Å². The van der Waals surface area contributed by atoms with Crippen molar-refractivity contribution >= 4 is 10.9 Å². The fourth-order valence-corrected chi connectivity index (χ4v) is 3.85. The van der Waals surface area contributed by atoms with Gasteiger partial charge in [-0.3, -0.25) is 4.98 Å². The molecular weight excluding hydrogens is 312 g/mol. The molecule has 1 aromatic carbocycles. The van der Waals surface area contributed by atoms with Crippen molar-refractivity contribution in [1.82, 2.24) is 4.98 Å². The Morgan fingerprint density at radius 2 is 1.88 bits per heavy atom. The minimum Gasteiger partial charge on any atom is -0.412 e. The molecule has 2 aromatic rings. The molecule has 1 aliphatic rings. The first-order valence-corrected chi connectivity index (χ1v) is 8.92. The lowest BCUT2D eigenvalue weighted by molar-refractivity contribution is 0.0630. The van der Waals surface area contributed by atoms with Gasteiger partial charge >= 0.3 is 0 Å². The highest BCUT2D eigenvalue weighted by atomic mass is 16.3. The lowest BCUT2D eigenvalue weighted by atomic mass is 9.72. The largest absolute Gasteiger partial charge is 0.412 e. The number of aromatic nitrogens is 1. The van der Waals surface area contributed by atoms with Crippen LogP contribution in [0.2, 0.25) is 0 Å². The third kappa shape index (κ3) is 4.88. The molecule has 0 aliphatic heterocycles. The molecule has 0 saturated heterocycles. The molecule has 5 N–H and O–H groups in total. The normalized spacial score (nSPS) is 22.1. The number of para-hydroxylation sites is 1. The van der Waals surface area contributed by atoms with Crippen LogP contribution in [0.1, 0.15) is 44.3 Å². The second kappa shape index (κ2) is 10.3. The number of fused-ring (bicyclic) bond motifs is 1. The van der Waals surface area contributed by atoms with E-state index in [0.29, 0.717) is 17.8 Å². The summed E-state index contributed by atoms with van der Waals surface area (Å²) in [5, 5.41) is 12.0. The molecule has 4 atom stereocenters. The van der Waals surface area contributed by atoms with E-state index in [1.54, 1.807) is 0 Å². The van der Waals surface area contributed by atoms with E-state index in [4.69, 9.17) is 0 Å². The van der Waals surface area contributed by atoms with Crippen LogP contribution >= 0.6 is 0 Å². The second-order valence-electron chi connectivity index (χ2n) is 6.64. The molecule has 0 radical (unpaired) electrons. The summed E-state index contributed by atoms with van der Waals surface area (Å²) in [6.45, 7) is 6.18. The highest BCUT2D eigenvalue weighted by Crippen LogP contribution is 2.41. The van der Waals surface area contributed by atoms with Crippen molar-refractivity contribution in [2.45, 2.75) is 38.7 Å². The molecule has 3 rings (SSSR count). The Hall–Kier alpha value is -1.75. The molecule has 3 unspecified atom stereocenters. The molecule has 1 aliphatic carbocycles. The molecule has 1 fully saturated rings. The molecule has 1 aromatic heterocycles. The molecular formula is C21H32N2O2. The number of aliphatic hydroxyl groups is 1. The maximum atomic E-state index is 11.0. The maximum absolute atomic E-state index is 11.0. The fourth-order valence-electron chi connectivity index (χ4n) is 3.85. The molecule has 0 amide bonds. The van der Waals surface area contributed by atoms with Crippen molar-refractivity contribution in [2.24, 2.45) is 23.5 Å². The quantitative estimate of drug-likeness (QED) is 0.829. The summed E-state index contributed by atoms with van der Waals surface area (Å²) >= 11 is 0. The number of rotatable bonds is 4. The van der Waals surface area contributed by atoms with Gasteiger partial charge in [0.15, 0.2) is 0 Å². The van der Waals surface area contributed by atoms with Crippen LogP contribution in [0.3, 0.4) is 0 Å². The molecule has 0 spiro atoms. The van der Waals surface area contributed by atoms with Crippen LogP contribution in [0.15, 0.2) is 49.2 Å². The lowest BCUT2D eigenvalue weighted by Crippen LogP contribution is -2.24. The van der Waals surface area contributed by atoms with E-state index in [2.05, 4.69) is 36.4 Å². The van der Waals surface area contributed by atoms with Crippen LogP contribution in [0.25, 0.3) is 10.9 Å². The first-order valence-electron chi connectivity index (χ1n) is 8.92. The maximum Gasteiger partial charge on any atom is 0.0825 e. The van der Waals surface area contributed by atoms with Gasteiger partial charge in [0.05, 0.1) is 11.6 Å². The summed E-state index contributed by atoms with van der Waals surface area (Å²) in [4.78, 5) is 4.40. The number of nitrogens with two attached hydrogens (primary N) is 1. The van der Waals surface area contributed by atoms with E-state index in [0.717, 1.165) is 29.3 Å². The van der Waals surface area contributed by atoms with Crippen LogP contribution in [0.5, 0.6) is 0 Å². The van der Waals surface area contributed by atoms with Crippen LogP contribution in [0, 0.1) is 17.8 Å². The first kappa shape index (κ1) is 21.3. The van der Waals surface area contributed by atoms with Gasteiger partial charge in [-0.2, -0.15) is 0 Å². The Labute approximate surface area is 151 Å². The van der Waals surface area contributed by atoms with Gasteiger partial charge in [0.1, 0.15) is 0 Å². The van der Waals surface area contributed by atoms with Gasteiger partial charge in [-0.1, -0.05) is 37.6 Å².